The first-order chi connectivity index (χ1) is 8.27. The van der Waals surface area contributed by atoms with Crippen LogP contribution in [0.1, 0.15) is 31.0 Å². The van der Waals surface area contributed by atoms with Crippen LogP contribution in [0, 0.1) is 0 Å². The highest BCUT2D eigenvalue weighted by molar-refractivity contribution is 5.98. The normalized spacial score (nSPS) is 13.4. The average Bonchev–Trinajstić information content (AvgIpc) is 2.40. The molecule has 1 nitrogen and oxygen atoms in total. The second kappa shape index (κ2) is 5.44. The maximum absolute atomic E-state index is 4.73. The summed E-state index contributed by atoms with van der Waals surface area (Å²) >= 11 is 0. The number of rotatable bonds is 3. The largest absolute Gasteiger partial charge is 0.282 e. The molecule has 0 N–H and O–H groups in total. The topological polar surface area (TPSA) is 12.4 Å². The predicted octanol–water partition coefficient (Wildman–Crippen LogP) is 4.26. The fraction of sp³-hybridized carbons (Fsp3) is 0.188. The summed E-state index contributed by atoms with van der Waals surface area (Å²) in [6.45, 7) is 4.19. The molecule has 0 heterocycles. The van der Waals surface area contributed by atoms with Crippen LogP contribution in [0.3, 0.4) is 0 Å². The molecule has 0 aliphatic heterocycles. The highest BCUT2D eigenvalue weighted by atomic mass is 14.8. The van der Waals surface area contributed by atoms with Crippen molar-refractivity contribution >= 4 is 5.71 Å². The Labute approximate surface area is 103 Å². The van der Waals surface area contributed by atoms with Crippen LogP contribution in [0.2, 0.25) is 0 Å². The van der Waals surface area contributed by atoms with E-state index in [1.807, 2.05) is 24.3 Å². The summed E-state index contributed by atoms with van der Waals surface area (Å²) < 4.78 is 0. The van der Waals surface area contributed by atoms with Gasteiger partial charge in [-0.1, -0.05) is 60.7 Å². The first-order valence-electron chi connectivity index (χ1n) is 5.92. The van der Waals surface area contributed by atoms with Crippen molar-refractivity contribution in [1.29, 1.82) is 0 Å². The van der Waals surface area contributed by atoms with Gasteiger partial charge in [-0.25, -0.2) is 0 Å². The molecule has 1 atom stereocenters. The van der Waals surface area contributed by atoms with Crippen LogP contribution in [0.25, 0.3) is 0 Å². The van der Waals surface area contributed by atoms with Crippen molar-refractivity contribution in [1.82, 2.24) is 0 Å². The first kappa shape index (κ1) is 11.6. The molecule has 0 unspecified atom stereocenters. The second-order valence-electron chi connectivity index (χ2n) is 4.17. The van der Waals surface area contributed by atoms with Crippen molar-refractivity contribution in [2.45, 2.75) is 19.9 Å². The molecular formula is C16H17N. The zero-order chi connectivity index (χ0) is 12.1. The van der Waals surface area contributed by atoms with Crippen LogP contribution in [-0.2, 0) is 0 Å². The molecular weight excluding hydrogens is 206 g/mol. The Morgan fingerprint density at radius 3 is 2.00 bits per heavy atom. The van der Waals surface area contributed by atoms with Crippen molar-refractivity contribution in [3.63, 3.8) is 0 Å². The van der Waals surface area contributed by atoms with Gasteiger partial charge in [0.15, 0.2) is 0 Å². The molecule has 0 spiro atoms. The van der Waals surface area contributed by atoms with E-state index in [-0.39, 0.29) is 6.04 Å². The van der Waals surface area contributed by atoms with Crippen LogP contribution < -0.4 is 0 Å². The van der Waals surface area contributed by atoms with Crippen molar-refractivity contribution in [2.24, 2.45) is 4.99 Å². The second-order valence-corrected chi connectivity index (χ2v) is 4.17. The number of aliphatic imine (C=N–C) groups is 1. The molecule has 0 aromatic heterocycles. The third kappa shape index (κ3) is 3.04. The van der Waals surface area contributed by atoms with Crippen LogP contribution >= 0.6 is 0 Å². The summed E-state index contributed by atoms with van der Waals surface area (Å²) in [5, 5.41) is 0. The Kier molecular flexibility index (Phi) is 3.71. The Balaban J connectivity index is 2.20. The zero-order valence-corrected chi connectivity index (χ0v) is 10.3. The quantitative estimate of drug-likeness (QED) is 0.689. The average molecular weight is 223 g/mol. The maximum Gasteiger partial charge on any atom is 0.0724 e. The number of benzene rings is 2. The van der Waals surface area contributed by atoms with Gasteiger partial charge in [0.25, 0.3) is 0 Å². The van der Waals surface area contributed by atoms with Crippen LogP contribution in [0.15, 0.2) is 65.7 Å². The predicted molar refractivity (Wildman–Crippen MR) is 73.5 cm³/mol. The van der Waals surface area contributed by atoms with E-state index in [0.717, 1.165) is 5.71 Å². The van der Waals surface area contributed by atoms with E-state index in [1.165, 1.54) is 11.1 Å². The van der Waals surface area contributed by atoms with Gasteiger partial charge in [0.1, 0.15) is 0 Å². The third-order valence-corrected chi connectivity index (χ3v) is 2.86. The molecule has 86 valence electrons. The first-order valence-corrected chi connectivity index (χ1v) is 5.92. The van der Waals surface area contributed by atoms with Crippen molar-refractivity contribution in [3.05, 3.63) is 71.8 Å². The summed E-state index contributed by atoms with van der Waals surface area (Å²) in [7, 11) is 0. The van der Waals surface area contributed by atoms with Gasteiger partial charge in [-0.2, -0.15) is 0 Å². The van der Waals surface area contributed by atoms with Gasteiger partial charge in [-0.3, -0.25) is 4.99 Å². The van der Waals surface area contributed by atoms with E-state index in [1.54, 1.807) is 0 Å². The third-order valence-electron chi connectivity index (χ3n) is 2.86. The van der Waals surface area contributed by atoms with Crippen LogP contribution in [0.5, 0.6) is 0 Å². The fourth-order valence-corrected chi connectivity index (χ4v) is 1.85. The van der Waals surface area contributed by atoms with E-state index in [0.29, 0.717) is 0 Å². The molecule has 0 saturated carbocycles. The minimum atomic E-state index is 0.205. The van der Waals surface area contributed by atoms with Gasteiger partial charge in [0, 0.05) is 5.71 Å². The summed E-state index contributed by atoms with van der Waals surface area (Å²) in [6, 6.07) is 20.9. The standard InChI is InChI=1S/C16H17N/c1-13(15-9-5-3-6-10-15)17-14(2)16-11-7-4-8-12-16/h3-13H,1-2H3/b17-14-/t13-/m1/s1. The van der Waals surface area contributed by atoms with E-state index in [4.69, 9.17) is 4.99 Å². The smallest absolute Gasteiger partial charge is 0.0724 e. The fourth-order valence-electron chi connectivity index (χ4n) is 1.85. The highest BCUT2D eigenvalue weighted by Gasteiger charge is 2.03. The van der Waals surface area contributed by atoms with E-state index in [2.05, 4.69) is 50.2 Å². The lowest BCUT2D eigenvalue weighted by Crippen LogP contribution is -1.98. The summed E-state index contributed by atoms with van der Waals surface area (Å²) in [6.07, 6.45) is 0. The minimum Gasteiger partial charge on any atom is -0.282 e. The Bertz CT molecular complexity index is 485. The highest BCUT2D eigenvalue weighted by Crippen LogP contribution is 2.17. The molecule has 0 aliphatic rings. The van der Waals surface area contributed by atoms with Crippen molar-refractivity contribution in [2.75, 3.05) is 0 Å². The molecule has 2 aromatic rings. The molecule has 0 fully saturated rings. The Morgan fingerprint density at radius 2 is 1.41 bits per heavy atom. The summed E-state index contributed by atoms with van der Waals surface area (Å²) in [5.41, 5.74) is 3.53. The van der Waals surface area contributed by atoms with Gasteiger partial charge in [-0.15, -0.1) is 0 Å². The van der Waals surface area contributed by atoms with Gasteiger partial charge in [-0.05, 0) is 25.0 Å². The lowest BCUT2D eigenvalue weighted by Gasteiger charge is -2.09. The molecule has 17 heavy (non-hydrogen) atoms. The van der Waals surface area contributed by atoms with Crippen molar-refractivity contribution in [3.8, 4) is 0 Å². The summed E-state index contributed by atoms with van der Waals surface area (Å²) in [4.78, 5) is 4.73. The van der Waals surface area contributed by atoms with Crippen LogP contribution in [-0.4, -0.2) is 5.71 Å². The molecule has 0 radical (unpaired) electrons. The maximum atomic E-state index is 4.73. The van der Waals surface area contributed by atoms with E-state index < -0.39 is 0 Å². The summed E-state index contributed by atoms with van der Waals surface area (Å²) in [5.74, 6) is 0. The van der Waals surface area contributed by atoms with Gasteiger partial charge in [0.05, 0.1) is 6.04 Å². The zero-order valence-electron chi connectivity index (χ0n) is 10.3. The van der Waals surface area contributed by atoms with E-state index in [9.17, 15) is 0 Å². The molecule has 0 bridgehead atoms. The van der Waals surface area contributed by atoms with Crippen LogP contribution in [0.4, 0.5) is 0 Å². The molecule has 2 aromatic carbocycles. The lowest BCUT2D eigenvalue weighted by molar-refractivity contribution is 0.819. The Morgan fingerprint density at radius 1 is 0.882 bits per heavy atom. The number of nitrogens with zero attached hydrogens (tertiary/aromatic N) is 1. The Hall–Kier alpha value is -1.89. The number of hydrogen-bond acceptors (Lipinski definition) is 1. The number of hydrogen-bond donors (Lipinski definition) is 0. The monoisotopic (exact) mass is 223 g/mol. The van der Waals surface area contributed by atoms with Gasteiger partial charge in [0.2, 0.25) is 0 Å². The van der Waals surface area contributed by atoms with Gasteiger partial charge >= 0.3 is 0 Å². The minimum absolute atomic E-state index is 0.205. The molecule has 1 heteroatoms. The molecule has 2 rings (SSSR count). The molecule has 0 amide bonds. The van der Waals surface area contributed by atoms with Gasteiger partial charge < -0.3 is 0 Å². The molecule has 0 saturated heterocycles. The van der Waals surface area contributed by atoms with E-state index >= 15 is 0 Å². The SMILES string of the molecule is C/C(=N/[C@H](C)c1ccccc1)c1ccccc1. The van der Waals surface area contributed by atoms with Crippen molar-refractivity contribution < 1.29 is 0 Å². The lowest BCUT2D eigenvalue weighted by atomic mass is 10.1. The molecule has 0 aliphatic carbocycles.